The fourth-order valence-electron chi connectivity index (χ4n) is 3.38. The molecule has 4 nitrogen and oxygen atoms in total. The van der Waals surface area contributed by atoms with Crippen LogP contribution in [0.15, 0.2) is 36.4 Å². The highest BCUT2D eigenvalue weighted by Crippen LogP contribution is 2.33. The average molecular weight is 400 g/mol. The van der Waals surface area contributed by atoms with E-state index in [0.717, 1.165) is 67.2 Å². The van der Waals surface area contributed by atoms with Gasteiger partial charge < -0.3 is 14.8 Å². The van der Waals surface area contributed by atoms with E-state index in [0.29, 0.717) is 13.2 Å². The number of hydrogen-bond donors (Lipinski definition) is 1. The van der Waals surface area contributed by atoms with Gasteiger partial charge in [0.15, 0.2) is 0 Å². The lowest BCUT2D eigenvalue weighted by molar-refractivity contribution is -0.140. The molecule has 1 N–H and O–H groups in total. The van der Waals surface area contributed by atoms with Crippen molar-refractivity contribution in [2.75, 3.05) is 18.5 Å². The molecule has 0 aromatic heterocycles. The number of carbonyl (C=O) groups excluding carboxylic acids is 1. The molecule has 2 rings (SSSR count). The van der Waals surface area contributed by atoms with Crippen molar-refractivity contribution in [2.45, 2.75) is 78.2 Å². The second-order valence-electron chi connectivity index (χ2n) is 7.85. The monoisotopic (exact) mass is 399 g/mol. The van der Waals surface area contributed by atoms with Crippen molar-refractivity contribution in [1.29, 1.82) is 0 Å². The Morgan fingerprint density at radius 2 is 1.62 bits per heavy atom. The van der Waals surface area contributed by atoms with Crippen molar-refractivity contribution in [3.63, 3.8) is 0 Å². The van der Waals surface area contributed by atoms with Gasteiger partial charge in [0.05, 0.1) is 6.61 Å². The number of unbranched alkanes of at least 4 members (excludes halogenated alkanes) is 3. The van der Waals surface area contributed by atoms with Gasteiger partial charge in [-0.2, -0.15) is 0 Å². The molecule has 0 bridgehead atoms. The molecule has 4 heteroatoms. The molecule has 0 spiro atoms. The van der Waals surface area contributed by atoms with E-state index < -0.39 is 5.60 Å². The summed E-state index contributed by atoms with van der Waals surface area (Å²) in [5.41, 5.74) is -0.0157. The maximum atomic E-state index is 13.2. The van der Waals surface area contributed by atoms with Crippen LogP contribution in [-0.2, 0) is 9.53 Å². The summed E-state index contributed by atoms with van der Waals surface area (Å²) in [7, 11) is 0. The van der Waals surface area contributed by atoms with E-state index in [-0.39, 0.29) is 5.91 Å². The summed E-state index contributed by atoms with van der Waals surface area (Å²) in [6.45, 7) is 9.58. The zero-order valence-corrected chi connectivity index (χ0v) is 18.6. The summed E-state index contributed by atoms with van der Waals surface area (Å²) in [6, 6.07) is 11.9. The molecule has 0 aliphatic heterocycles. The average Bonchev–Trinajstić information content (AvgIpc) is 2.74. The van der Waals surface area contributed by atoms with Gasteiger partial charge in [-0.15, -0.1) is 0 Å². The second kappa shape index (κ2) is 11.8. The highest BCUT2D eigenvalue weighted by Gasteiger charge is 2.33. The Morgan fingerprint density at radius 1 is 0.897 bits per heavy atom. The highest BCUT2D eigenvalue weighted by atomic mass is 16.5. The molecule has 2 aromatic carbocycles. The third kappa shape index (κ3) is 6.46. The van der Waals surface area contributed by atoms with Crippen LogP contribution in [0.4, 0.5) is 5.69 Å². The minimum absolute atomic E-state index is 0.0770. The Morgan fingerprint density at radius 3 is 2.31 bits per heavy atom. The fraction of sp³-hybridized carbons (Fsp3) is 0.560. The fourth-order valence-corrected chi connectivity index (χ4v) is 3.38. The molecule has 0 saturated carbocycles. The molecule has 0 saturated heterocycles. The number of nitrogens with one attached hydrogen (secondary N) is 1. The molecule has 160 valence electrons. The largest absolute Gasteiger partial charge is 0.493 e. The first kappa shape index (κ1) is 23.2. The summed E-state index contributed by atoms with van der Waals surface area (Å²) in [5, 5.41) is 5.14. The zero-order chi connectivity index (χ0) is 21.1. The van der Waals surface area contributed by atoms with Gasteiger partial charge in [-0.25, -0.2) is 0 Å². The zero-order valence-electron chi connectivity index (χ0n) is 18.6. The van der Waals surface area contributed by atoms with Gasteiger partial charge in [-0.1, -0.05) is 70.7 Å². The number of hydrogen-bond acceptors (Lipinski definition) is 3. The second-order valence-corrected chi connectivity index (χ2v) is 7.85. The van der Waals surface area contributed by atoms with Crippen LogP contribution in [0.3, 0.4) is 0 Å². The first-order valence-electron chi connectivity index (χ1n) is 11.2. The van der Waals surface area contributed by atoms with Crippen molar-refractivity contribution in [3.05, 3.63) is 36.4 Å². The van der Waals surface area contributed by atoms with Gasteiger partial charge in [0, 0.05) is 23.1 Å². The molecule has 1 atom stereocenters. The Balaban J connectivity index is 2.24. The van der Waals surface area contributed by atoms with Crippen LogP contribution in [0.1, 0.15) is 72.6 Å². The molecule has 0 fully saturated rings. The first-order chi connectivity index (χ1) is 14.1. The van der Waals surface area contributed by atoms with E-state index >= 15 is 0 Å². The summed E-state index contributed by atoms with van der Waals surface area (Å²) in [6.07, 6.45) is 6.94. The smallest absolute Gasteiger partial charge is 0.256 e. The number of amides is 1. The van der Waals surface area contributed by atoms with Crippen LogP contribution in [0.2, 0.25) is 0 Å². The molecular formula is C25H37NO3. The summed E-state index contributed by atoms with van der Waals surface area (Å²) in [4.78, 5) is 13.2. The van der Waals surface area contributed by atoms with Gasteiger partial charge in [-0.3, -0.25) is 4.79 Å². The summed E-state index contributed by atoms with van der Waals surface area (Å²) < 4.78 is 12.0. The predicted octanol–water partition coefficient (Wildman–Crippen LogP) is 6.72. The van der Waals surface area contributed by atoms with Gasteiger partial charge in [0.2, 0.25) is 0 Å². The van der Waals surface area contributed by atoms with Crippen molar-refractivity contribution < 1.29 is 14.3 Å². The van der Waals surface area contributed by atoms with Crippen LogP contribution in [0.25, 0.3) is 10.8 Å². The van der Waals surface area contributed by atoms with Crippen LogP contribution in [0, 0.1) is 0 Å². The molecule has 1 unspecified atom stereocenters. The quantitative estimate of drug-likeness (QED) is 0.380. The number of carbonyl (C=O) groups is 1. The number of fused-ring (bicyclic) bond motifs is 1. The summed E-state index contributed by atoms with van der Waals surface area (Å²) in [5.74, 6) is 0.784. The molecule has 29 heavy (non-hydrogen) atoms. The topological polar surface area (TPSA) is 47.6 Å². The third-order valence-corrected chi connectivity index (χ3v) is 5.25. The van der Waals surface area contributed by atoms with Crippen LogP contribution in [-0.4, -0.2) is 24.7 Å². The Hall–Kier alpha value is -2.07. The highest BCUT2D eigenvalue weighted by molar-refractivity contribution is 6.06. The maximum Gasteiger partial charge on any atom is 0.256 e. The Labute approximate surface area is 176 Å². The minimum Gasteiger partial charge on any atom is -0.493 e. The van der Waals surface area contributed by atoms with Gasteiger partial charge in [-0.05, 0) is 38.3 Å². The summed E-state index contributed by atoms with van der Waals surface area (Å²) >= 11 is 0. The molecule has 1 amide bonds. The van der Waals surface area contributed by atoms with E-state index in [9.17, 15) is 4.79 Å². The number of benzene rings is 2. The van der Waals surface area contributed by atoms with Gasteiger partial charge in [0.25, 0.3) is 5.91 Å². The van der Waals surface area contributed by atoms with E-state index in [1.807, 2.05) is 43.3 Å². The maximum absolute atomic E-state index is 13.2. The lowest BCUT2D eigenvalue weighted by Gasteiger charge is -2.29. The van der Waals surface area contributed by atoms with Crippen molar-refractivity contribution in [2.24, 2.45) is 0 Å². The Bertz CT molecular complexity index is 774. The predicted molar refractivity (Wildman–Crippen MR) is 122 cm³/mol. The lowest BCUT2D eigenvalue weighted by Crippen LogP contribution is -2.43. The Kier molecular flexibility index (Phi) is 9.46. The van der Waals surface area contributed by atoms with E-state index in [1.54, 1.807) is 0 Å². The number of rotatable bonds is 13. The molecule has 0 aliphatic carbocycles. The number of ether oxygens (including phenoxy) is 2. The van der Waals surface area contributed by atoms with Crippen molar-refractivity contribution in [1.82, 2.24) is 0 Å². The van der Waals surface area contributed by atoms with E-state index in [4.69, 9.17) is 9.47 Å². The van der Waals surface area contributed by atoms with Gasteiger partial charge >= 0.3 is 0 Å². The van der Waals surface area contributed by atoms with E-state index in [2.05, 4.69) is 26.1 Å². The van der Waals surface area contributed by atoms with Gasteiger partial charge in [0.1, 0.15) is 11.4 Å². The minimum atomic E-state index is -0.817. The molecule has 0 heterocycles. The molecule has 0 aliphatic rings. The standard InChI is InChI=1S/C25H37NO3/c1-5-8-12-17-25(4,29-18-7-3)24(27)26-22-15-16-23(28-19-9-6-2)21-14-11-10-13-20(21)22/h10-11,13-16H,5-9,12,17-19H2,1-4H3,(H,26,27). The lowest BCUT2D eigenvalue weighted by atomic mass is 9.96. The number of anilines is 1. The van der Waals surface area contributed by atoms with Crippen molar-refractivity contribution in [3.8, 4) is 5.75 Å². The van der Waals surface area contributed by atoms with Crippen LogP contribution < -0.4 is 10.1 Å². The third-order valence-electron chi connectivity index (χ3n) is 5.25. The molecular weight excluding hydrogens is 362 g/mol. The van der Waals surface area contributed by atoms with Crippen LogP contribution >= 0.6 is 0 Å². The normalized spacial score (nSPS) is 13.2. The van der Waals surface area contributed by atoms with Crippen LogP contribution in [0.5, 0.6) is 5.75 Å². The molecule has 2 aromatic rings. The van der Waals surface area contributed by atoms with Crippen molar-refractivity contribution >= 4 is 22.4 Å². The SMILES string of the molecule is CCCCCC(C)(OCCC)C(=O)Nc1ccc(OCCCC)c2ccccc12. The molecule has 0 radical (unpaired) electrons. The van der Waals surface area contributed by atoms with E-state index in [1.165, 1.54) is 0 Å². The first-order valence-corrected chi connectivity index (χ1v) is 11.2.